The van der Waals surface area contributed by atoms with Gasteiger partial charge in [0.25, 0.3) is 0 Å². The molecule has 3 aromatic rings. The van der Waals surface area contributed by atoms with Gasteiger partial charge in [-0.15, -0.1) is 0 Å². The number of ether oxygens (including phenoxy) is 1. The van der Waals surface area contributed by atoms with Gasteiger partial charge in [-0.25, -0.2) is 0 Å². The van der Waals surface area contributed by atoms with Crippen LogP contribution in [-0.2, 0) is 16.0 Å². The fraction of sp³-hybridized carbons (Fsp3) is 0.300. The summed E-state index contributed by atoms with van der Waals surface area (Å²) in [6, 6.07) is 25.3. The number of nitrogen functional groups attached to an aromatic ring is 1. The topological polar surface area (TPSA) is 148 Å². The maximum absolute atomic E-state index is 13.0. The third kappa shape index (κ3) is 7.43. The molecule has 0 aromatic heterocycles. The Labute approximate surface area is 222 Å². The highest BCUT2D eigenvalue weighted by atomic mass is 16.5. The molecule has 1 aliphatic heterocycles. The van der Waals surface area contributed by atoms with Crippen molar-refractivity contribution in [3.8, 4) is 16.9 Å². The summed E-state index contributed by atoms with van der Waals surface area (Å²) in [4.78, 5) is 26.1. The van der Waals surface area contributed by atoms with Gasteiger partial charge in [-0.2, -0.15) is 0 Å². The Balaban J connectivity index is 0.00000400. The molecular formula is C30H35N3O5. The van der Waals surface area contributed by atoms with E-state index in [1.54, 1.807) is 0 Å². The van der Waals surface area contributed by atoms with Gasteiger partial charge in [0.05, 0.1) is 18.4 Å². The molecule has 200 valence electrons. The Kier molecular flexibility index (Phi) is 10.0. The summed E-state index contributed by atoms with van der Waals surface area (Å²) in [6.45, 7) is 0.929. The van der Waals surface area contributed by atoms with E-state index in [0.29, 0.717) is 30.9 Å². The standard InChI is InChI=1S/C30H33N3O4.H2O/c31-29(32)24-11-9-22(10-12-24)23-13-15-27(16-14-23)37-20-26-18-25(19-28(34)35)30(36)33(26)17-5-4-8-21-6-2-1-3-7-21;/h1-3,6-7,9-16,25-26H,4-5,8,17-20H2,(H3,31,32)(H,34,35);1H2/t25-,26-;/m0./s1. The van der Waals surface area contributed by atoms with Crippen LogP contribution in [0.15, 0.2) is 78.9 Å². The number of benzene rings is 3. The van der Waals surface area contributed by atoms with Crippen LogP contribution in [0.5, 0.6) is 5.75 Å². The van der Waals surface area contributed by atoms with Crippen molar-refractivity contribution in [2.45, 2.75) is 38.1 Å². The lowest BCUT2D eigenvalue weighted by Crippen LogP contribution is -2.38. The predicted octanol–water partition coefficient (Wildman–Crippen LogP) is 3.91. The maximum Gasteiger partial charge on any atom is 0.304 e. The van der Waals surface area contributed by atoms with E-state index in [1.807, 2.05) is 71.6 Å². The summed E-state index contributed by atoms with van der Waals surface area (Å²) in [5, 5.41) is 16.8. The van der Waals surface area contributed by atoms with Gasteiger partial charge in [-0.3, -0.25) is 15.0 Å². The predicted molar refractivity (Wildman–Crippen MR) is 147 cm³/mol. The number of aryl methyl sites for hydroxylation is 1. The molecule has 1 saturated heterocycles. The number of nitrogens with two attached hydrogens (primary N) is 1. The quantitative estimate of drug-likeness (QED) is 0.189. The van der Waals surface area contributed by atoms with Crippen molar-refractivity contribution in [1.82, 2.24) is 4.90 Å². The Bertz CT molecular complexity index is 1210. The fourth-order valence-corrected chi connectivity index (χ4v) is 4.84. The van der Waals surface area contributed by atoms with Crippen LogP contribution >= 0.6 is 0 Å². The highest BCUT2D eigenvalue weighted by molar-refractivity contribution is 5.95. The molecule has 0 spiro atoms. The molecule has 1 fully saturated rings. The number of carboxylic acids is 1. The number of unbranched alkanes of at least 4 members (excludes halogenated alkanes) is 1. The zero-order valence-electron chi connectivity index (χ0n) is 21.3. The van der Waals surface area contributed by atoms with Crippen LogP contribution < -0.4 is 10.5 Å². The SMILES string of the molecule is N=C(N)c1ccc(-c2ccc(OC[C@@H]3C[C@@H](CC(=O)O)C(=O)N3CCCCc3ccccc3)cc2)cc1.O. The molecule has 0 unspecified atom stereocenters. The number of aliphatic carboxylic acids is 1. The molecule has 0 aliphatic carbocycles. The number of carbonyl (C=O) groups excluding carboxylic acids is 1. The number of nitrogens with one attached hydrogen (secondary N) is 1. The van der Waals surface area contributed by atoms with Crippen molar-refractivity contribution < 1.29 is 24.9 Å². The van der Waals surface area contributed by atoms with Crippen molar-refractivity contribution in [3.63, 3.8) is 0 Å². The van der Waals surface area contributed by atoms with Gasteiger partial charge in [-0.1, -0.05) is 66.7 Å². The Morgan fingerprint density at radius 3 is 2.21 bits per heavy atom. The monoisotopic (exact) mass is 517 g/mol. The molecule has 1 amide bonds. The summed E-state index contributed by atoms with van der Waals surface area (Å²) >= 11 is 0. The maximum atomic E-state index is 13.0. The van der Waals surface area contributed by atoms with E-state index in [9.17, 15) is 14.7 Å². The minimum atomic E-state index is -0.948. The smallest absolute Gasteiger partial charge is 0.304 e. The van der Waals surface area contributed by atoms with Crippen molar-refractivity contribution in [2.75, 3.05) is 13.2 Å². The molecule has 6 N–H and O–H groups in total. The molecule has 2 atom stereocenters. The van der Waals surface area contributed by atoms with E-state index in [0.717, 1.165) is 30.4 Å². The number of carbonyl (C=O) groups is 2. The molecule has 1 heterocycles. The van der Waals surface area contributed by atoms with Gasteiger partial charge >= 0.3 is 5.97 Å². The van der Waals surface area contributed by atoms with Crippen LogP contribution in [0.4, 0.5) is 0 Å². The first-order chi connectivity index (χ1) is 17.9. The summed E-state index contributed by atoms with van der Waals surface area (Å²) in [5.41, 5.74) is 9.51. The van der Waals surface area contributed by atoms with Crippen LogP contribution in [0.25, 0.3) is 11.1 Å². The summed E-state index contributed by atoms with van der Waals surface area (Å²) < 4.78 is 6.05. The number of amidine groups is 1. The highest BCUT2D eigenvalue weighted by Crippen LogP contribution is 2.29. The normalized spacial score (nSPS) is 16.6. The van der Waals surface area contributed by atoms with Gasteiger partial charge < -0.3 is 26.0 Å². The molecule has 8 heteroatoms. The lowest BCUT2D eigenvalue weighted by atomic mass is 10.0. The number of hydrogen-bond acceptors (Lipinski definition) is 4. The van der Waals surface area contributed by atoms with Gasteiger partial charge in [0.2, 0.25) is 5.91 Å². The fourth-order valence-electron chi connectivity index (χ4n) is 4.84. The second-order valence-corrected chi connectivity index (χ2v) is 9.49. The number of hydrogen-bond donors (Lipinski definition) is 3. The lowest BCUT2D eigenvalue weighted by molar-refractivity contribution is -0.142. The Morgan fingerprint density at radius 2 is 1.61 bits per heavy atom. The largest absolute Gasteiger partial charge is 0.491 e. The van der Waals surface area contributed by atoms with E-state index in [-0.39, 0.29) is 29.7 Å². The van der Waals surface area contributed by atoms with Crippen LogP contribution in [0.3, 0.4) is 0 Å². The zero-order valence-corrected chi connectivity index (χ0v) is 21.3. The minimum absolute atomic E-state index is 0. The van der Waals surface area contributed by atoms with E-state index in [2.05, 4.69) is 12.1 Å². The van der Waals surface area contributed by atoms with E-state index < -0.39 is 11.9 Å². The molecule has 1 aliphatic rings. The van der Waals surface area contributed by atoms with Crippen molar-refractivity contribution in [3.05, 3.63) is 90.0 Å². The van der Waals surface area contributed by atoms with Gasteiger partial charge in [0.1, 0.15) is 18.2 Å². The first-order valence-corrected chi connectivity index (χ1v) is 12.6. The van der Waals surface area contributed by atoms with E-state index >= 15 is 0 Å². The summed E-state index contributed by atoms with van der Waals surface area (Å²) in [6.07, 6.45) is 3.11. The van der Waals surface area contributed by atoms with Crippen LogP contribution in [0.1, 0.15) is 36.8 Å². The first kappa shape index (κ1) is 28.4. The molecule has 4 rings (SSSR count). The molecule has 38 heavy (non-hydrogen) atoms. The lowest BCUT2D eigenvalue weighted by Gasteiger charge is -2.25. The van der Waals surface area contributed by atoms with Crippen molar-refractivity contribution >= 4 is 17.7 Å². The number of amides is 1. The first-order valence-electron chi connectivity index (χ1n) is 12.6. The number of nitrogens with zero attached hydrogens (tertiary/aromatic N) is 1. The summed E-state index contributed by atoms with van der Waals surface area (Å²) in [5.74, 6) is -0.796. The van der Waals surface area contributed by atoms with E-state index in [4.69, 9.17) is 15.9 Å². The second-order valence-electron chi connectivity index (χ2n) is 9.49. The Morgan fingerprint density at radius 1 is 0.974 bits per heavy atom. The molecule has 8 nitrogen and oxygen atoms in total. The van der Waals surface area contributed by atoms with Crippen molar-refractivity contribution in [2.24, 2.45) is 11.7 Å². The number of carboxylic acid groups (broad SMARTS) is 1. The average molecular weight is 518 g/mol. The molecular weight excluding hydrogens is 482 g/mol. The summed E-state index contributed by atoms with van der Waals surface area (Å²) in [7, 11) is 0. The second kappa shape index (κ2) is 13.4. The van der Waals surface area contributed by atoms with Crippen molar-refractivity contribution in [1.29, 1.82) is 5.41 Å². The molecule has 0 bridgehead atoms. The molecule has 0 saturated carbocycles. The zero-order chi connectivity index (χ0) is 26.2. The molecule has 0 radical (unpaired) electrons. The van der Waals surface area contributed by atoms with Gasteiger partial charge in [-0.05, 0) is 54.5 Å². The molecule has 3 aromatic carbocycles. The highest BCUT2D eigenvalue weighted by Gasteiger charge is 2.40. The van der Waals surface area contributed by atoms with Crippen LogP contribution in [0.2, 0.25) is 0 Å². The third-order valence-electron chi connectivity index (χ3n) is 6.83. The van der Waals surface area contributed by atoms with Gasteiger partial charge in [0.15, 0.2) is 0 Å². The minimum Gasteiger partial charge on any atom is -0.491 e. The van der Waals surface area contributed by atoms with Gasteiger partial charge in [0, 0.05) is 12.1 Å². The Hall–Kier alpha value is -4.17. The van der Waals surface area contributed by atoms with Crippen LogP contribution in [-0.4, -0.2) is 52.4 Å². The third-order valence-corrected chi connectivity index (χ3v) is 6.83. The number of likely N-dealkylation sites (tertiary alicyclic amines) is 1. The van der Waals surface area contributed by atoms with Crippen LogP contribution in [0, 0.1) is 11.3 Å². The van der Waals surface area contributed by atoms with E-state index in [1.165, 1.54) is 5.56 Å². The number of rotatable bonds is 12. The average Bonchev–Trinajstić information content (AvgIpc) is 3.19.